The first kappa shape index (κ1) is 23.5. The molecule has 3 aromatic carbocycles. The van der Waals surface area contributed by atoms with Crippen molar-refractivity contribution in [3.05, 3.63) is 95.6 Å². The number of piperidine rings is 1. The Hall–Kier alpha value is -3.61. The van der Waals surface area contributed by atoms with Crippen LogP contribution in [0, 0.1) is 0 Å². The van der Waals surface area contributed by atoms with E-state index < -0.39 is 17.6 Å². The van der Waals surface area contributed by atoms with Crippen LogP contribution in [-0.2, 0) is 11.0 Å². The highest BCUT2D eigenvalue weighted by Gasteiger charge is 2.30. The zero-order valence-electron chi connectivity index (χ0n) is 18.5. The van der Waals surface area contributed by atoms with Crippen molar-refractivity contribution in [1.82, 2.24) is 10.2 Å². The first-order chi connectivity index (χ1) is 16.3. The maximum absolute atomic E-state index is 13.0. The summed E-state index contributed by atoms with van der Waals surface area (Å²) in [4.78, 5) is 26.8. The van der Waals surface area contributed by atoms with Crippen LogP contribution in [0.4, 0.5) is 13.2 Å². The molecule has 3 aromatic rings. The Morgan fingerprint density at radius 1 is 0.853 bits per heavy atom. The smallest absolute Gasteiger partial charge is 0.343 e. The normalized spacial score (nSPS) is 14.6. The number of likely N-dealkylation sites (tertiary alicyclic amines) is 1. The summed E-state index contributed by atoms with van der Waals surface area (Å²) in [6.07, 6.45) is -2.64. The van der Waals surface area contributed by atoms with Crippen LogP contribution >= 0.6 is 0 Å². The SMILES string of the molecule is O=C(NCC(=O)N1CCC(c2ccccc2)CC1)c1ccc(-c2cccc(C(F)(F)F)c2)cc1. The predicted molar refractivity (Wildman–Crippen MR) is 124 cm³/mol. The third kappa shape index (κ3) is 5.65. The Bertz CT molecular complexity index is 1140. The number of amides is 2. The Morgan fingerprint density at radius 2 is 1.53 bits per heavy atom. The number of halogens is 3. The zero-order chi connectivity index (χ0) is 24.1. The van der Waals surface area contributed by atoms with E-state index >= 15 is 0 Å². The van der Waals surface area contributed by atoms with Crippen LogP contribution in [0.5, 0.6) is 0 Å². The maximum Gasteiger partial charge on any atom is 0.416 e. The van der Waals surface area contributed by atoms with Crippen LogP contribution in [0.3, 0.4) is 0 Å². The number of alkyl halides is 3. The molecule has 0 spiro atoms. The molecule has 0 aromatic heterocycles. The van der Waals surface area contributed by atoms with Crippen molar-refractivity contribution in [2.24, 2.45) is 0 Å². The Balaban J connectivity index is 1.29. The molecule has 1 aliphatic rings. The van der Waals surface area contributed by atoms with Crippen molar-refractivity contribution >= 4 is 11.8 Å². The number of hydrogen-bond donors (Lipinski definition) is 1. The second-order valence-corrected chi connectivity index (χ2v) is 8.40. The molecule has 0 bridgehead atoms. The standard InChI is InChI=1S/C27H25F3N2O2/c28-27(29,30)24-8-4-7-23(17-24)20-9-11-22(12-10-20)26(34)31-18-25(33)32-15-13-21(14-16-32)19-5-2-1-3-6-19/h1-12,17,21H,13-16,18H2,(H,31,34). The van der Waals surface area contributed by atoms with E-state index in [9.17, 15) is 22.8 Å². The van der Waals surface area contributed by atoms with Crippen LogP contribution in [0.25, 0.3) is 11.1 Å². The first-order valence-corrected chi connectivity index (χ1v) is 11.2. The van der Waals surface area contributed by atoms with Gasteiger partial charge in [0, 0.05) is 18.7 Å². The van der Waals surface area contributed by atoms with E-state index in [1.54, 1.807) is 35.2 Å². The van der Waals surface area contributed by atoms with Crippen molar-refractivity contribution in [3.63, 3.8) is 0 Å². The number of nitrogens with zero attached hydrogens (tertiary/aromatic N) is 1. The average molecular weight is 467 g/mol. The van der Waals surface area contributed by atoms with Crippen LogP contribution in [0.15, 0.2) is 78.9 Å². The van der Waals surface area contributed by atoms with Gasteiger partial charge in [0.2, 0.25) is 5.91 Å². The Morgan fingerprint density at radius 3 is 2.18 bits per heavy atom. The fourth-order valence-electron chi connectivity index (χ4n) is 4.25. The van der Waals surface area contributed by atoms with Gasteiger partial charge in [-0.3, -0.25) is 9.59 Å². The van der Waals surface area contributed by atoms with Gasteiger partial charge in [0.05, 0.1) is 12.1 Å². The fourth-order valence-corrected chi connectivity index (χ4v) is 4.25. The molecule has 34 heavy (non-hydrogen) atoms. The molecular weight excluding hydrogens is 441 g/mol. The van der Waals surface area contributed by atoms with Gasteiger partial charge in [0.1, 0.15) is 0 Å². The van der Waals surface area contributed by atoms with Gasteiger partial charge in [0.15, 0.2) is 0 Å². The molecule has 0 saturated carbocycles. The van der Waals surface area contributed by atoms with Gasteiger partial charge >= 0.3 is 6.18 Å². The molecule has 0 atom stereocenters. The highest BCUT2D eigenvalue weighted by molar-refractivity contribution is 5.96. The van der Waals surface area contributed by atoms with Gasteiger partial charge < -0.3 is 10.2 Å². The summed E-state index contributed by atoms with van der Waals surface area (Å²) in [7, 11) is 0. The molecule has 1 heterocycles. The molecule has 1 saturated heterocycles. The largest absolute Gasteiger partial charge is 0.416 e. The van der Waals surface area contributed by atoms with E-state index in [-0.39, 0.29) is 12.5 Å². The number of rotatable bonds is 5. The van der Waals surface area contributed by atoms with E-state index in [0.29, 0.717) is 35.7 Å². The lowest BCUT2D eigenvalue weighted by Crippen LogP contribution is -2.43. The number of nitrogens with one attached hydrogen (secondary N) is 1. The second-order valence-electron chi connectivity index (χ2n) is 8.40. The molecule has 176 valence electrons. The van der Waals surface area contributed by atoms with Crippen molar-refractivity contribution in [2.45, 2.75) is 24.9 Å². The third-order valence-electron chi connectivity index (χ3n) is 6.19. The van der Waals surface area contributed by atoms with Crippen LogP contribution in [0.1, 0.15) is 40.2 Å². The molecule has 1 aliphatic heterocycles. The minimum absolute atomic E-state index is 0.0930. The summed E-state index contributed by atoms with van der Waals surface area (Å²) in [5, 5.41) is 2.65. The number of carbonyl (C=O) groups excluding carboxylic acids is 2. The van der Waals surface area contributed by atoms with Crippen LogP contribution < -0.4 is 5.32 Å². The minimum Gasteiger partial charge on any atom is -0.343 e. The summed E-state index contributed by atoms with van der Waals surface area (Å²) >= 11 is 0. The number of hydrogen-bond acceptors (Lipinski definition) is 2. The zero-order valence-corrected chi connectivity index (χ0v) is 18.5. The molecule has 1 fully saturated rings. The lowest BCUT2D eigenvalue weighted by Gasteiger charge is -2.32. The summed E-state index contributed by atoms with van der Waals surface area (Å²) in [6.45, 7) is 1.21. The van der Waals surface area contributed by atoms with Crippen molar-refractivity contribution in [2.75, 3.05) is 19.6 Å². The van der Waals surface area contributed by atoms with Gasteiger partial charge in [0.25, 0.3) is 5.91 Å². The highest BCUT2D eigenvalue weighted by atomic mass is 19.4. The highest BCUT2D eigenvalue weighted by Crippen LogP contribution is 2.32. The maximum atomic E-state index is 13.0. The van der Waals surface area contributed by atoms with Gasteiger partial charge in [-0.25, -0.2) is 0 Å². The van der Waals surface area contributed by atoms with Gasteiger partial charge in [-0.15, -0.1) is 0 Å². The topological polar surface area (TPSA) is 49.4 Å². The quantitative estimate of drug-likeness (QED) is 0.539. The van der Waals surface area contributed by atoms with Crippen molar-refractivity contribution in [3.8, 4) is 11.1 Å². The second kappa shape index (κ2) is 10.1. The van der Waals surface area contributed by atoms with E-state index in [1.165, 1.54) is 11.6 Å². The van der Waals surface area contributed by atoms with Crippen molar-refractivity contribution < 1.29 is 22.8 Å². The summed E-state index contributed by atoms with van der Waals surface area (Å²) in [6, 6.07) is 21.6. The van der Waals surface area contributed by atoms with E-state index in [1.807, 2.05) is 18.2 Å². The predicted octanol–water partition coefficient (Wildman–Crippen LogP) is 5.51. The van der Waals surface area contributed by atoms with Gasteiger partial charge in [-0.05, 0) is 59.7 Å². The van der Waals surface area contributed by atoms with E-state index in [4.69, 9.17) is 0 Å². The Labute approximate surface area is 196 Å². The fraction of sp³-hybridized carbons (Fsp3) is 0.259. The van der Waals surface area contributed by atoms with Crippen LogP contribution in [-0.4, -0.2) is 36.3 Å². The van der Waals surface area contributed by atoms with Gasteiger partial charge in [-0.1, -0.05) is 54.6 Å². The molecule has 0 unspecified atom stereocenters. The lowest BCUT2D eigenvalue weighted by atomic mass is 9.89. The molecular formula is C27H25F3N2O2. The van der Waals surface area contributed by atoms with Crippen molar-refractivity contribution in [1.29, 1.82) is 0 Å². The number of carbonyl (C=O) groups is 2. The van der Waals surface area contributed by atoms with E-state index in [2.05, 4.69) is 17.4 Å². The summed E-state index contributed by atoms with van der Waals surface area (Å²) < 4.78 is 38.9. The summed E-state index contributed by atoms with van der Waals surface area (Å²) in [5.41, 5.74) is 1.89. The number of benzene rings is 3. The molecule has 4 nitrogen and oxygen atoms in total. The molecule has 4 rings (SSSR count). The minimum atomic E-state index is -4.42. The summed E-state index contributed by atoms with van der Waals surface area (Å²) in [5.74, 6) is -0.0845. The van der Waals surface area contributed by atoms with Gasteiger partial charge in [-0.2, -0.15) is 13.2 Å². The van der Waals surface area contributed by atoms with Crippen LogP contribution in [0.2, 0.25) is 0 Å². The lowest BCUT2D eigenvalue weighted by molar-refractivity contribution is -0.137. The molecule has 0 aliphatic carbocycles. The van der Waals surface area contributed by atoms with E-state index in [0.717, 1.165) is 25.0 Å². The monoisotopic (exact) mass is 466 g/mol. The first-order valence-electron chi connectivity index (χ1n) is 11.2. The Kier molecular flexibility index (Phi) is 7.01. The molecule has 2 amide bonds. The third-order valence-corrected chi connectivity index (χ3v) is 6.19. The molecule has 7 heteroatoms. The molecule has 0 radical (unpaired) electrons. The average Bonchev–Trinajstić information content (AvgIpc) is 2.87. The molecule has 1 N–H and O–H groups in total.